The van der Waals surface area contributed by atoms with Crippen molar-refractivity contribution >= 4 is 13.5 Å². The number of rotatable bonds is 5. The van der Waals surface area contributed by atoms with Gasteiger partial charge >= 0.3 is 0 Å². The Bertz CT molecular complexity index is 353. The Morgan fingerprint density at radius 2 is 2.06 bits per heavy atom. The van der Waals surface area contributed by atoms with Crippen molar-refractivity contribution in [1.29, 1.82) is 0 Å². The lowest BCUT2D eigenvalue weighted by Crippen LogP contribution is -2.38. The Balaban J connectivity index is 0.00000289. The van der Waals surface area contributed by atoms with Gasteiger partial charge in [0, 0.05) is 18.2 Å². The average molecular weight is 272 g/mol. The summed E-state index contributed by atoms with van der Waals surface area (Å²) >= 11 is 0. The van der Waals surface area contributed by atoms with E-state index in [4.69, 9.17) is 4.74 Å². The fourth-order valence-corrected chi connectivity index (χ4v) is 1.35. The molecule has 1 atom stereocenters. The SMILES string of the molecule is CCOc1cccc([C@@H](O)CNC(C)(C)C)n1.S. The van der Waals surface area contributed by atoms with Gasteiger partial charge in [-0.05, 0) is 33.8 Å². The van der Waals surface area contributed by atoms with Gasteiger partial charge in [-0.25, -0.2) is 4.98 Å². The summed E-state index contributed by atoms with van der Waals surface area (Å²) in [6.07, 6.45) is -0.616. The predicted molar refractivity (Wildman–Crippen MR) is 78.5 cm³/mol. The average Bonchev–Trinajstić information content (AvgIpc) is 2.26. The number of hydrogen-bond donors (Lipinski definition) is 2. The van der Waals surface area contributed by atoms with Crippen LogP contribution in [0.3, 0.4) is 0 Å². The molecule has 18 heavy (non-hydrogen) atoms. The van der Waals surface area contributed by atoms with Crippen LogP contribution < -0.4 is 10.1 Å². The zero-order valence-corrected chi connectivity index (χ0v) is 12.5. The molecule has 0 unspecified atom stereocenters. The molecule has 1 heterocycles. The van der Waals surface area contributed by atoms with E-state index in [1.165, 1.54) is 0 Å². The second-order valence-electron chi connectivity index (χ2n) is 4.98. The van der Waals surface area contributed by atoms with E-state index in [1.54, 1.807) is 12.1 Å². The van der Waals surface area contributed by atoms with Gasteiger partial charge in [0.1, 0.15) is 6.10 Å². The summed E-state index contributed by atoms with van der Waals surface area (Å²) in [6.45, 7) is 9.14. The van der Waals surface area contributed by atoms with E-state index in [9.17, 15) is 5.11 Å². The molecular weight excluding hydrogens is 248 g/mol. The highest BCUT2D eigenvalue weighted by Crippen LogP contribution is 2.14. The molecule has 0 aliphatic heterocycles. The molecule has 4 nitrogen and oxygen atoms in total. The molecule has 1 rings (SSSR count). The summed E-state index contributed by atoms with van der Waals surface area (Å²) in [5, 5.41) is 13.2. The van der Waals surface area contributed by atoms with E-state index in [0.29, 0.717) is 24.7 Å². The summed E-state index contributed by atoms with van der Waals surface area (Å²) in [7, 11) is 0. The lowest BCUT2D eigenvalue weighted by molar-refractivity contribution is 0.157. The molecule has 0 saturated carbocycles. The molecule has 2 N–H and O–H groups in total. The zero-order chi connectivity index (χ0) is 12.9. The largest absolute Gasteiger partial charge is 0.478 e. The minimum atomic E-state index is -0.616. The van der Waals surface area contributed by atoms with Crippen molar-refractivity contribution < 1.29 is 9.84 Å². The molecule has 0 spiro atoms. The van der Waals surface area contributed by atoms with Crippen LogP contribution in [0.25, 0.3) is 0 Å². The smallest absolute Gasteiger partial charge is 0.213 e. The van der Waals surface area contributed by atoms with Gasteiger partial charge in [-0.1, -0.05) is 6.07 Å². The Morgan fingerprint density at radius 1 is 1.39 bits per heavy atom. The monoisotopic (exact) mass is 272 g/mol. The van der Waals surface area contributed by atoms with Crippen LogP contribution in [0.2, 0.25) is 0 Å². The fraction of sp³-hybridized carbons (Fsp3) is 0.615. The van der Waals surface area contributed by atoms with Gasteiger partial charge < -0.3 is 15.2 Å². The molecule has 5 heteroatoms. The molecule has 0 saturated heterocycles. The number of aromatic nitrogens is 1. The molecule has 1 aromatic heterocycles. The van der Waals surface area contributed by atoms with E-state index in [0.717, 1.165) is 0 Å². The Labute approximate surface area is 116 Å². The number of aliphatic hydroxyl groups excluding tert-OH is 1. The van der Waals surface area contributed by atoms with E-state index in [-0.39, 0.29) is 19.0 Å². The summed E-state index contributed by atoms with van der Waals surface area (Å²) in [5.41, 5.74) is 0.617. The zero-order valence-electron chi connectivity index (χ0n) is 11.5. The van der Waals surface area contributed by atoms with E-state index in [1.807, 2.05) is 13.0 Å². The third-order valence-electron chi connectivity index (χ3n) is 2.20. The van der Waals surface area contributed by atoms with Gasteiger partial charge in [-0.2, -0.15) is 13.5 Å². The number of β-amino-alcohol motifs (C(OH)–C–C–N with tert-alkyl or cyclic N) is 1. The van der Waals surface area contributed by atoms with Crippen molar-refractivity contribution in [3.05, 3.63) is 23.9 Å². The van der Waals surface area contributed by atoms with Gasteiger partial charge in [0.25, 0.3) is 0 Å². The second-order valence-corrected chi connectivity index (χ2v) is 4.98. The highest BCUT2D eigenvalue weighted by atomic mass is 32.1. The number of aliphatic hydroxyl groups is 1. The van der Waals surface area contributed by atoms with Gasteiger partial charge in [-0.3, -0.25) is 0 Å². The van der Waals surface area contributed by atoms with E-state index in [2.05, 4.69) is 31.1 Å². The number of hydrogen-bond acceptors (Lipinski definition) is 4. The molecule has 0 bridgehead atoms. The highest BCUT2D eigenvalue weighted by Gasteiger charge is 2.14. The summed E-state index contributed by atoms with van der Waals surface area (Å²) < 4.78 is 5.30. The third kappa shape index (κ3) is 6.23. The van der Waals surface area contributed by atoms with Crippen LogP contribution in [0.4, 0.5) is 0 Å². The second kappa shape index (κ2) is 7.61. The molecular formula is C13H24N2O2S. The van der Waals surface area contributed by atoms with Gasteiger partial charge in [0.15, 0.2) is 0 Å². The number of pyridine rings is 1. The first-order chi connectivity index (χ1) is 7.92. The van der Waals surface area contributed by atoms with Gasteiger partial charge in [-0.15, -0.1) is 0 Å². The van der Waals surface area contributed by atoms with Crippen molar-refractivity contribution in [2.24, 2.45) is 0 Å². The van der Waals surface area contributed by atoms with Crippen molar-refractivity contribution in [1.82, 2.24) is 10.3 Å². The third-order valence-corrected chi connectivity index (χ3v) is 2.20. The Morgan fingerprint density at radius 3 is 2.61 bits per heavy atom. The molecule has 104 valence electrons. The van der Waals surface area contributed by atoms with E-state index >= 15 is 0 Å². The number of nitrogens with zero attached hydrogens (tertiary/aromatic N) is 1. The topological polar surface area (TPSA) is 54.4 Å². The molecule has 0 fully saturated rings. The quantitative estimate of drug-likeness (QED) is 0.861. The van der Waals surface area contributed by atoms with Crippen LogP contribution in [-0.4, -0.2) is 28.8 Å². The van der Waals surface area contributed by atoms with Crippen LogP contribution in [0.15, 0.2) is 18.2 Å². The molecule has 0 aliphatic carbocycles. The Kier molecular flexibility index (Phi) is 7.28. The van der Waals surface area contributed by atoms with Crippen molar-refractivity contribution in [3.8, 4) is 5.88 Å². The van der Waals surface area contributed by atoms with Crippen LogP contribution in [0, 0.1) is 0 Å². The van der Waals surface area contributed by atoms with Crippen LogP contribution in [0.5, 0.6) is 5.88 Å². The van der Waals surface area contributed by atoms with Crippen molar-refractivity contribution in [2.45, 2.75) is 39.3 Å². The van der Waals surface area contributed by atoms with Crippen molar-refractivity contribution in [3.63, 3.8) is 0 Å². The fourth-order valence-electron chi connectivity index (χ4n) is 1.35. The lowest BCUT2D eigenvalue weighted by Gasteiger charge is -2.22. The summed E-state index contributed by atoms with van der Waals surface area (Å²) in [6, 6.07) is 5.43. The first-order valence-electron chi connectivity index (χ1n) is 5.95. The summed E-state index contributed by atoms with van der Waals surface area (Å²) in [5.74, 6) is 0.555. The minimum absolute atomic E-state index is 0. The normalized spacial score (nSPS) is 12.7. The maximum absolute atomic E-state index is 10.00. The van der Waals surface area contributed by atoms with Crippen LogP contribution >= 0.6 is 13.5 Å². The predicted octanol–water partition coefficient (Wildman–Crippen LogP) is 2.01. The summed E-state index contributed by atoms with van der Waals surface area (Å²) in [4.78, 5) is 4.25. The van der Waals surface area contributed by atoms with Gasteiger partial charge in [0.2, 0.25) is 5.88 Å². The maximum atomic E-state index is 10.00. The lowest BCUT2D eigenvalue weighted by atomic mass is 10.1. The minimum Gasteiger partial charge on any atom is -0.478 e. The molecule has 0 aromatic carbocycles. The maximum Gasteiger partial charge on any atom is 0.213 e. The first-order valence-corrected chi connectivity index (χ1v) is 5.95. The molecule has 0 amide bonds. The first kappa shape index (κ1) is 17.2. The molecule has 1 aromatic rings. The number of ether oxygens (including phenoxy) is 1. The standard InChI is InChI=1S/C13H22N2O2.H2S/c1-5-17-12-8-6-7-10(15-12)11(16)9-14-13(2,3)4;/h6-8,11,14,16H,5,9H2,1-4H3;1H2/t11-;/m0./s1. The highest BCUT2D eigenvalue weighted by molar-refractivity contribution is 7.59. The van der Waals surface area contributed by atoms with Crippen molar-refractivity contribution in [2.75, 3.05) is 13.2 Å². The van der Waals surface area contributed by atoms with Crippen LogP contribution in [-0.2, 0) is 0 Å². The molecule has 0 aliphatic rings. The van der Waals surface area contributed by atoms with Gasteiger partial charge in [0.05, 0.1) is 12.3 Å². The Hall–Kier alpha value is -0.780. The number of nitrogens with one attached hydrogen (secondary N) is 1. The van der Waals surface area contributed by atoms with Crippen LogP contribution in [0.1, 0.15) is 39.5 Å². The van der Waals surface area contributed by atoms with E-state index < -0.39 is 6.10 Å². The molecule has 0 radical (unpaired) electrons.